The summed E-state index contributed by atoms with van der Waals surface area (Å²) in [5.74, 6) is -0.925. The van der Waals surface area contributed by atoms with E-state index in [-0.39, 0.29) is 10.6 Å². The summed E-state index contributed by atoms with van der Waals surface area (Å²) in [4.78, 5) is 17.3. The fraction of sp³-hybridized carbons (Fsp3) is 0.0588. The van der Waals surface area contributed by atoms with E-state index in [0.29, 0.717) is 16.6 Å². The average molecular weight is 381 g/mol. The number of hydrogen-bond acceptors (Lipinski definition) is 3. The zero-order valence-corrected chi connectivity index (χ0v) is 14.6. The summed E-state index contributed by atoms with van der Waals surface area (Å²) in [5, 5.41) is 3.86. The molecule has 3 rings (SSSR count). The molecule has 1 aromatic heterocycles. The molecule has 3 aromatic rings. The summed E-state index contributed by atoms with van der Waals surface area (Å²) in [5.41, 5.74) is 1.18. The van der Waals surface area contributed by atoms with Crippen molar-refractivity contribution in [1.29, 1.82) is 0 Å². The number of benzene rings is 2. The minimum atomic E-state index is -0.493. The van der Waals surface area contributed by atoms with Crippen LogP contribution in [0, 0.1) is 5.82 Å². The number of anilines is 1. The molecule has 0 bridgehead atoms. The predicted molar refractivity (Wildman–Crippen MR) is 95.7 cm³/mol. The highest BCUT2D eigenvalue weighted by molar-refractivity contribution is 7.15. The number of carbonyl (C=O) groups is 1. The van der Waals surface area contributed by atoms with E-state index in [1.807, 2.05) is 24.3 Å². The molecule has 0 radical (unpaired) electrons. The Balaban J connectivity index is 1.72. The van der Waals surface area contributed by atoms with Gasteiger partial charge in [-0.2, -0.15) is 0 Å². The molecule has 24 heavy (non-hydrogen) atoms. The monoisotopic (exact) mass is 380 g/mol. The maximum atomic E-state index is 13.0. The van der Waals surface area contributed by atoms with Crippen molar-refractivity contribution in [2.24, 2.45) is 0 Å². The number of carbonyl (C=O) groups excluding carboxylic acids is 1. The van der Waals surface area contributed by atoms with E-state index in [9.17, 15) is 9.18 Å². The Bertz CT molecular complexity index is 898. The summed E-state index contributed by atoms with van der Waals surface area (Å²) in [6.45, 7) is 0. The molecule has 0 fully saturated rings. The van der Waals surface area contributed by atoms with Gasteiger partial charge in [0.15, 0.2) is 5.13 Å². The molecule has 0 unspecified atom stereocenters. The van der Waals surface area contributed by atoms with Gasteiger partial charge in [-0.15, -0.1) is 11.3 Å². The first-order valence-corrected chi connectivity index (χ1v) is 8.54. The van der Waals surface area contributed by atoms with Crippen molar-refractivity contribution in [3.63, 3.8) is 0 Å². The van der Waals surface area contributed by atoms with Crippen LogP contribution >= 0.6 is 34.5 Å². The van der Waals surface area contributed by atoms with Crippen molar-refractivity contribution in [3.05, 3.63) is 80.5 Å². The van der Waals surface area contributed by atoms with Gasteiger partial charge in [-0.3, -0.25) is 10.1 Å². The van der Waals surface area contributed by atoms with Crippen LogP contribution in [0.1, 0.15) is 20.8 Å². The highest BCUT2D eigenvalue weighted by Crippen LogP contribution is 2.26. The summed E-state index contributed by atoms with van der Waals surface area (Å²) >= 11 is 13.4. The lowest BCUT2D eigenvalue weighted by Gasteiger charge is -2.04. The first-order valence-electron chi connectivity index (χ1n) is 6.97. The summed E-state index contributed by atoms with van der Waals surface area (Å²) in [7, 11) is 0. The minimum Gasteiger partial charge on any atom is -0.298 e. The standard InChI is InChI=1S/C17H11Cl2FN2OS/c18-14-4-2-1-3-10(14)7-12-9-21-17(24-12)22-16(23)13-6-5-11(20)8-15(13)19/h1-6,8-9H,7H2,(H,21,22,23). The zero-order valence-electron chi connectivity index (χ0n) is 12.2. The van der Waals surface area contributed by atoms with Crippen LogP contribution < -0.4 is 5.32 Å². The summed E-state index contributed by atoms with van der Waals surface area (Å²) in [6.07, 6.45) is 2.32. The van der Waals surface area contributed by atoms with Crippen LogP contribution in [0.25, 0.3) is 0 Å². The molecule has 0 aliphatic heterocycles. The number of amides is 1. The van der Waals surface area contributed by atoms with Gasteiger partial charge >= 0.3 is 0 Å². The second-order valence-corrected chi connectivity index (χ2v) is 6.91. The smallest absolute Gasteiger partial charge is 0.258 e. The Kier molecular flexibility index (Phi) is 5.14. The quantitative estimate of drug-likeness (QED) is 0.655. The molecule has 3 nitrogen and oxygen atoms in total. The molecule has 0 aliphatic carbocycles. The molecule has 0 spiro atoms. The van der Waals surface area contributed by atoms with Crippen LogP contribution in [0.5, 0.6) is 0 Å². The fourth-order valence-corrected chi connectivity index (χ4v) is 3.40. The van der Waals surface area contributed by atoms with Crippen molar-refractivity contribution in [3.8, 4) is 0 Å². The Morgan fingerprint density at radius 3 is 2.71 bits per heavy atom. The molecule has 122 valence electrons. The van der Waals surface area contributed by atoms with E-state index in [1.165, 1.54) is 23.5 Å². The zero-order chi connectivity index (χ0) is 17.1. The van der Waals surface area contributed by atoms with Crippen molar-refractivity contribution in [1.82, 2.24) is 4.98 Å². The maximum Gasteiger partial charge on any atom is 0.258 e. The summed E-state index contributed by atoms with van der Waals surface area (Å²) < 4.78 is 13.0. The van der Waals surface area contributed by atoms with E-state index in [4.69, 9.17) is 23.2 Å². The third kappa shape index (κ3) is 3.93. The largest absolute Gasteiger partial charge is 0.298 e. The number of nitrogens with zero attached hydrogens (tertiary/aromatic N) is 1. The molecule has 7 heteroatoms. The maximum absolute atomic E-state index is 13.0. The second kappa shape index (κ2) is 7.30. The molecule has 0 atom stereocenters. The van der Waals surface area contributed by atoms with Gasteiger partial charge < -0.3 is 0 Å². The third-order valence-corrected chi connectivity index (χ3v) is 4.87. The van der Waals surface area contributed by atoms with E-state index in [1.54, 1.807) is 6.20 Å². The van der Waals surface area contributed by atoms with Gasteiger partial charge in [-0.1, -0.05) is 41.4 Å². The van der Waals surface area contributed by atoms with Crippen LogP contribution in [0.2, 0.25) is 10.0 Å². The van der Waals surface area contributed by atoms with E-state index >= 15 is 0 Å². The van der Waals surface area contributed by atoms with Gasteiger partial charge in [0.25, 0.3) is 5.91 Å². The number of thiazole rings is 1. The Hall–Kier alpha value is -1.95. The lowest BCUT2D eigenvalue weighted by molar-refractivity contribution is 0.102. The molecule has 0 saturated carbocycles. The number of aromatic nitrogens is 1. The molecule has 1 heterocycles. The lowest BCUT2D eigenvalue weighted by Crippen LogP contribution is -2.12. The highest BCUT2D eigenvalue weighted by atomic mass is 35.5. The van der Waals surface area contributed by atoms with Crippen LogP contribution in [-0.2, 0) is 6.42 Å². The molecule has 1 amide bonds. The Morgan fingerprint density at radius 1 is 1.17 bits per heavy atom. The molecular formula is C17H11Cl2FN2OS. The Morgan fingerprint density at radius 2 is 1.96 bits per heavy atom. The first-order chi connectivity index (χ1) is 11.5. The first kappa shape index (κ1) is 16.9. The van der Waals surface area contributed by atoms with Crippen LogP contribution in [0.15, 0.2) is 48.7 Å². The topological polar surface area (TPSA) is 42.0 Å². The summed E-state index contributed by atoms with van der Waals surface area (Å²) in [6, 6.07) is 11.2. The van der Waals surface area contributed by atoms with Crippen molar-refractivity contribution in [2.45, 2.75) is 6.42 Å². The van der Waals surface area contributed by atoms with Gasteiger partial charge in [-0.05, 0) is 29.8 Å². The number of nitrogens with one attached hydrogen (secondary N) is 1. The molecule has 2 aromatic carbocycles. The van der Waals surface area contributed by atoms with Crippen LogP contribution in [0.3, 0.4) is 0 Å². The predicted octanol–water partition coefficient (Wildman–Crippen LogP) is 5.43. The van der Waals surface area contributed by atoms with Crippen molar-refractivity contribution in [2.75, 3.05) is 5.32 Å². The highest BCUT2D eigenvalue weighted by Gasteiger charge is 2.13. The van der Waals surface area contributed by atoms with Gasteiger partial charge in [0.1, 0.15) is 5.82 Å². The van der Waals surface area contributed by atoms with Crippen LogP contribution in [0.4, 0.5) is 9.52 Å². The fourth-order valence-electron chi connectivity index (χ4n) is 2.11. The molecular weight excluding hydrogens is 370 g/mol. The SMILES string of the molecule is O=C(Nc1ncc(Cc2ccccc2Cl)s1)c1ccc(F)cc1Cl. The van der Waals surface area contributed by atoms with Crippen molar-refractivity contribution >= 4 is 45.6 Å². The third-order valence-electron chi connectivity index (χ3n) is 3.27. The van der Waals surface area contributed by atoms with E-state index < -0.39 is 11.7 Å². The van der Waals surface area contributed by atoms with E-state index in [2.05, 4.69) is 10.3 Å². The number of rotatable bonds is 4. The van der Waals surface area contributed by atoms with Crippen molar-refractivity contribution < 1.29 is 9.18 Å². The lowest BCUT2D eigenvalue weighted by atomic mass is 10.1. The normalized spacial score (nSPS) is 10.6. The van der Waals surface area contributed by atoms with Gasteiger partial charge in [0.2, 0.25) is 0 Å². The van der Waals surface area contributed by atoms with E-state index in [0.717, 1.165) is 16.5 Å². The molecule has 1 N–H and O–H groups in total. The Labute approximate surface area is 152 Å². The molecule has 0 saturated heterocycles. The minimum absolute atomic E-state index is 0.0559. The van der Waals surface area contributed by atoms with Gasteiger partial charge in [0.05, 0.1) is 10.6 Å². The van der Waals surface area contributed by atoms with Crippen LogP contribution in [-0.4, -0.2) is 10.9 Å². The second-order valence-electron chi connectivity index (χ2n) is 4.98. The average Bonchev–Trinajstić information content (AvgIpc) is 2.96. The van der Waals surface area contributed by atoms with Gasteiger partial charge in [-0.25, -0.2) is 9.37 Å². The number of halogens is 3. The number of hydrogen-bond donors (Lipinski definition) is 1. The van der Waals surface area contributed by atoms with Gasteiger partial charge in [0, 0.05) is 22.5 Å². The molecule has 0 aliphatic rings.